The summed E-state index contributed by atoms with van der Waals surface area (Å²) in [6.45, 7) is 2.75. The first-order valence-corrected chi connectivity index (χ1v) is 7.84. The third-order valence-corrected chi connectivity index (χ3v) is 4.30. The molecule has 0 spiro atoms. The zero-order valence-electron chi connectivity index (χ0n) is 10.9. The molecular formula is C15H13Br2N3. The molecule has 102 valence electrons. The molecule has 5 heteroatoms. The number of benzene rings is 1. The molecule has 0 aliphatic carbocycles. The summed E-state index contributed by atoms with van der Waals surface area (Å²) in [5.41, 5.74) is 4.23. The van der Waals surface area contributed by atoms with Gasteiger partial charge in [-0.05, 0) is 68.6 Å². The highest BCUT2D eigenvalue weighted by Crippen LogP contribution is 2.32. The van der Waals surface area contributed by atoms with Gasteiger partial charge in [-0.15, -0.1) is 0 Å². The molecule has 1 aromatic carbocycles. The van der Waals surface area contributed by atoms with Crippen molar-refractivity contribution in [2.45, 2.75) is 13.5 Å². The molecular weight excluding hydrogens is 382 g/mol. The number of rotatable bonds is 3. The Morgan fingerprint density at radius 1 is 1.20 bits per heavy atom. The van der Waals surface area contributed by atoms with Gasteiger partial charge in [0.05, 0.1) is 17.9 Å². The maximum atomic E-state index is 4.57. The molecule has 2 aromatic heterocycles. The number of aromatic nitrogens is 2. The van der Waals surface area contributed by atoms with Crippen LogP contribution < -0.4 is 5.32 Å². The van der Waals surface area contributed by atoms with Gasteiger partial charge in [0.1, 0.15) is 5.65 Å². The van der Waals surface area contributed by atoms with Crippen LogP contribution in [0.15, 0.2) is 51.7 Å². The molecule has 0 fully saturated rings. The van der Waals surface area contributed by atoms with Crippen LogP contribution in [0.4, 0.5) is 5.69 Å². The molecule has 0 atom stereocenters. The Morgan fingerprint density at radius 2 is 1.95 bits per heavy atom. The fourth-order valence-electron chi connectivity index (χ4n) is 2.12. The minimum Gasteiger partial charge on any atom is -0.377 e. The van der Waals surface area contributed by atoms with Crippen molar-refractivity contribution in [1.82, 2.24) is 9.38 Å². The molecule has 0 aliphatic rings. The third-order valence-electron chi connectivity index (χ3n) is 3.05. The van der Waals surface area contributed by atoms with Gasteiger partial charge in [-0.3, -0.25) is 0 Å². The first kappa shape index (κ1) is 13.6. The van der Waals surface area contributed by atoms with Crippen LogP contribution in [0.5, 0.6) is 0 Å². The van der Waals surface area contributed by atoms with Crippen LogP contribution >= 0.6 is 31.9 Å². The zero-order valence-corrected chi connectivity index (χ0v) is 14.1. The monoisotopic (exact) mass is 393 g/mol. The summed E-state index contributed by atoms with van der Waals surface area (Å²) in [5, 5.41) is 3.42. The number of anilines is 1. The van der Waals surface area contributed by atoms with Gasteiger partial charge in [0.2, 0.25) is 0 Å². The van der Waals surface area contributed by atoms with Gasteiger partial charge in [0.25, 0.3) is 0 Å². The van der Waals surface area contributed by atoms with E-state index in [0.29, 0.717) is 6.54 Å². The number of nitrogens with zero attached hydrogens (tertiary/aromatic N) is 2. The number of hydrogen-bond donors (Lipinski definition) is 1. The van der Waals surface area contributed by atoms with Crippen molar-refractivity contribution in [1.29, 1.82) is 0 Å². The first-order valence-electron chi connectivity index (χ1n) is 6.25. The fraction of sp³-hybridized carbons (Fsp3) is 0.133. The van der Waals surface area contributed by atoms with Gasteiger partial charge in [0.15, 0.2) is 0 Å². The molecule has 0 radical (unpaired) electrons. The Kier molecular flexibility index (Phi) is 3.81. The highest BCUT2D eigenvalue weighted by Gasteiger charge is 2.07. The number of pyridine rings is 1. The van der Waals surface area contributed by atoms with E-state index in [0.717, 1.165) is 26.0 Å². The van der Waals surface area contributed by atoms with Gasteiger partial charge >= 0.3 is 0 Å². The SMILES string of the molecule is Cc1cc(Br)c(NCc2cn3ccccc3n2)c(Br)c1. The van der Waals surface area contributed by atoms with E-state index in [4.69, 9.17) is 0 Å². The predicted molar refractivity (Wildman–Crippen MR) is 89.1 cm³/mol. The average Bonchev–Trinajstić information content (AvgIpc) is 2.80. The molecule has 3 aromatic rings. The zero-order chi connectivity index (χ0) is 14.1. The number of nitrogens with one attached hydrogen (secondary N) is 1. The van der Waals surface area contributed by atoms with Crippen molar-refractivity contribution in [3.8, 4) is 0 Å². The summed E-state index contributed by atoms with van der Waals surface area (Å²) in [6.07, 6.45) is 4.04. The summed E-state index contributed by atoms with van der Waals surface area (Å²) in [4.78, 5) is 4.57. The van der Waals surface area contributed by atoms with E-state index < -0.39 is 0 Å². The number of aryl methyl sites for hydroxylation is 1. The van der Waals surface area contributed by atoms with Gasteiger partial charge < -0.3 is 9.72 Å². The fourth-order valence-corrected chi connectivity index (χ4v) is 3.82. The largest absolute Gasteiger partial charge is 0.377 e. The molecule has 2 heterocycles. The molecule has 3 nitrogen and oxygen atoms in total. The van der Waals surface area contributed by atoms with E-state index in [-0.39, 0.29) is 0 Å². The molecule has 0 saturated carbocycles. The van der Waals surface area contributed by atoms with Crippen LogP contribution in [0.2, 0.25) is 0 Å². The van der Waals surface area contributed by atoms with Gasteiger partial charge in [-0.2, -0.15) is 0 Å². The lowest BCUT2D eigenvalue weighted by Crippen LogP contribution is -2.01. The minimum atomic E-state index is 0.682. The number of imidazole rings is 1. The van der Waals surface area contributed by atoms with E-state index in [1.165, 1.54) is 5.56 Å². The van der Waals surface area contributed by atoms with E-state index >= 15 is 0 Å². The molecule has 0 saturated heterocycles. The summed E-state index contributed by atoms with van der Waals surface area (Å²) >= 11 is 7.18. The van der Waals surface area contributed by atoms with Crippen molar-refractivity contribution in [2.75, 3.05) is 5.32 Å². The summed E-state index contributed by atoms with van der Waals surface area (Å²) in [5.74, 6) is 0. The van der Waals surface area contributed by atoms with Crippen LogP contribution in [-0.4, -0.2) is 9.38 Å². The maximum absolute atomic E-state index is 4.57. The minimum absolute atomic E-state index is 0.682. The van der Waals surface area contributed by atoms with E-state index in [1.54, 1.807) is 0 Å². The lowest BCUT2D eigenvalue weighted by Gasteiger charge is -2.10. The molecule has 0 aliphatic heterocycles. The Morgan fingerprint density at radius 3 is 2.65 bits per heavy atom. The predicted octanol–water partition coefficient (Wildman–Crippen LogP) is 4.78. The number of fused-ring (bicyclic) bond motifs is 1. The van der Waals surface area contributed by atoms with E-state index in [1.807, 2.05) is 35.0 Å². The van der Waals surface area contributed by atoms with Gasteiger partial charge in [0, 0.05) is 21.3 Å². The average molecular weight is 395 g/mol. The Labute approximate surface area is 134 Å². The second-order valence-corrected chi connectivity index (χ2v) is 6.36. The second-order valence-electron chi connectivity index (χ2n) is 4.66. The summed E-state index contributed by atoms with van der Waals surface area (Å²) in [7, 11) is 0. The summed E-state index contributed by atoms with van der Waals surface area (Å²) < 4.78 is 4.12. The van der Waals surface area contributed by atoms with Crippen molar-refractivity contribution in [2.24, 2.45) is 0 Å². The lowest BCUT2D eigenvalue weighted by atomic mass is 10.2. The van der Waals surface area contributed by atoms with E-state index in [2.05, 4.69) is 61.2 Å². The van der Waals surface area contributed by atoms with Crippen LogP contribution in [0.25, 0.3) is 5.65 Å². The molecule has 0 bridgehead atoms. The van der Waals surface area contributed by atoms with Gasteiger partial charge in [-0.25, -0.2) is 4.98 Å². The smallest absolute Gasteiger partial charge is 0.137 e. The van der Waals surface area contributed by atoms with E-state index in [9.17, 15) is 0 Å². The maximum Gasteiger partial charge on any atom is 0.137 e. The molecule has 3 rings (SSSR count). The highest BCUT2D eigenvalue weighted by molar-refractivity contribution is 9.11. The van der Waals surface area contributed by atoms with Crippen LogP contribution in [0, 0.1) is 6.92 Å². The molecule has 0 amide bonds. The summed E-state index contributed by atoms with van der Waals surface area (Å²) in [6, 6.07) is 10.2. The number of halogens is 2. The Hall–Kier alpha value is -1.33. The normalized spacial score (nSPS) is 10.9. The third kappa shape index (κ3) is 2.74. The Balaban J connectivity index is 1.83. The van der Waals surface area contributed by atoms with Crippen LogP contribution in [0.3, 0.4) is 0 Å². The van der Waals surface area contributed by atoms with Crippen molar-refractivity contribution in [3.05, 3.63) is 62.9 Å². The van der Waals surface area contributed by atoms with Crippen molar-refractivity contribution >= 4 is 43.2 Å². The Bertz CT molecular complexity index is 709. The number of hydrogen-bond acceptors (Lipinski definition) is 2. The molecule has 1 N–H and O–H groups in total. The quantitative estimate of drug-likeness (QED) is 0.692. The van der Waals surface area contributed by atoms with Crippen molar-refractivity contribution in [3.63, 3.8) is 0 Å². The standard InChI is InChI=1S/C15H13Br2N3/c1-10-6-12(16)15(13(17)7-10)18-8-11-9-20-5-3-2-4-14(20)19-11/h2-7,9,18H,8H2,1H3. The van der Waals surface area contributed by atoms with Crippen LogP contribution in [0.1, 0.15) is 11.3 Å². The second kappa shape index (κ2) is 5.58. The lowest BCUT2D eigenvalue weighted by molar-refractivity contribution is 1.07. The van der Waals surface area contributed by atoms with Gasteiger partial charge in [-0.1, -0.05) is 6.07 Å². The highest BCUT2D eigenvalue weighted by atomic mass is 79.9. The first-order chi connectivity index (χ1) is 9.63. The molecule has 20 heavy (non-hydrogen) atoms. The van der Waals surface area contributed by atoms with Crippen LogP contribution in [-0.2, 0) is 6.54 Å². The molecule has 0 unspecified atom stereocenters. The topological polar surface area (TPSA) is 29.3 Å². The van der Waals surface area contributed by atoms with Crippen molar-refractivity contribution < 1.29 is 0 Å².